The second-order valence-electron chi connectivity index (χ2n) is 4.76. The van der Waals surface area contributed by atoms with Crippen LogP contribution in [-0.4, -0.2) is 19.1 Å². The highest BCUT2D eigenvalue weighted by molar-refractivity contribution is 5.57. The summed E-state index contributed by atoms with van der Waals surface area (Å²) in [6, 6.07) is 9.20. The largest absolute Gasteiger partial charge is 0.371 e. The van der Waals surface area contributed by atoms with E-state index in [1.54, 1.807) is 0 Å². The van der Waals surface area contributed by atoms with Crippen LogP contribution in [0.3, 0.4) is 0 Å². The summed E-state index contributed by atoms with van der Waals surface area (Å²) in [5.41, 5.74) is 8.86. The van der Waals surface area contributed by atoms with Crippen LogP contribution < -0.4 is 10.6 Å². The highest BCUT2D eigenvalue weighted by atomic mass is 15.1. The van der Waals surface area contributed by atoms with Gasteiger partial charge in [0.25, 0.3) is 0 Å². The van der Waals surface area contributed by atoms with Gasteiger partial charge in [0.15, 0.2) is 0 Å². The van der Waals surface area contributed by atoms with E-state index in [0.717, 1.165) is 0 Å². The van der Waals surface area contributed by atoms with Crippen molar-refractivity contribution in [3.63, 3.8) is 0 Å². The van der Waals surface area contributed by atoms with E-state index < -0.39 is 0 Å². The topological polar surface area (TPSA) is 29.3 Å². The minimum absolute atomic E-state index is 0.411. The predicted molar refractivity (Wildman–Crippen MR) is 63.2 cm³/mol. The Bertz CT molecular complexity index is 355. The van der Waals surface area contributed by atoms with Gasteiger partial charge in [-0.2, -0.15) is 0 Å². The van der Waals surface area contributed by atoms with Gasteiger partial charge in [0.1, 0.15) is 0 Å². The van der Waals surface area contributed by atoms with Crippen molar-refractivity contribution in [2.75, 3.05) is 18.0 Å². The van der Waals surface area contributed by atoms with Gasteiger partial charge < -0.3 is 10.6 Å². The van der Waals surface area contributed by atoms with Gasteiger partial charge in [-0.05, 0) is 30.9 Å². The summed E-state index contributed by atoms with van der Waals surface area (Å²) < 4.78 is 0. The molecule has 2 nitrogen and oxygen atoms in total. The van der Waals surface area contributed by atoms with Gasteiger partial charge in [0.2, 0.25) is 0 Å². The number of nitrogens with zero attached hydrogens (tertiary/aromatic N) is 1. The molecule has 3 rings (SSSR count). The highest BCUT2D eigenvalue weighted by Crippen LogP contribution is 2.43. The van der Waals surface area contributed by atoms with Crippen LogP contribution in [0.4, 0.5) is 5.69 Å². The molecule has 1 heterocycles. The highest BCUT2D eigenvalue weighted by Gasteiger charge is 2.37. The normalized spacial score (nSPS) is 29.5. The Hall–Kier alpha value is -1.02. The lowest BCUT2D eigenvalue weighted by molar-refractivity contribution is 0.928. The van der Waals surface area contributed by atoms with E-state index in [-0.39, 0.29) is 0 Å². The summed E-state index contributed by atoms with van der Waals surface area (Å²) >= 11 is 0. The van der Waals surface area contributed by atoms with Crippen molar-refractivity contribution < 1.29 is 0 Å². The third-order valence-electron chi connectivity index (χ3n) is 3.62. The van der Waals surface area contributed by atoms with Crippen molar-refractivity contribution >= 4 is 5.69 Å². The van der Waals surface area contributed by atoms with Crippen molar-refractivity contribution in [3.8, 4) is 0 Å². The minimum Gasteiger partial charge on any atom is -0.371 e. The van der Waals surface area contributed by atoms with Crippen LogP contribution in [-0.2, 0) is 0 Å². The molecule has 2 aliphatic rings. The zero-order chi connectivity index (χ0) is 10.3. The van der Waals surface area contributed by atoms with Crippen LogP contribution >= 0.6 is 0 Å². The van der Waals surface area contributed by atoms with Crippen molar-refractivity contribution in [3.05, 3.63) is 29.8 Å². The number of hydrogen-bond donors (Lipinski definition) is 1. The first-order chi connectivity index (χ1) is 7.36. The molecule has 15 heavy (non-hydrogen) atoms. The summed E-state index contributed by atoms with van der Waals surface area (Å²) in [6.45, 7) is 2.44. The van der Waals surface area contributed by atoms with Crippen LogP contribution in [0.1, 0.15) is 30.7 Å². The van der Waals surface area contributed by atoms with Crippen LogP contribution in [0, 0.1) is 0 Å². The first-order valence-corrected chi connectivity index (χ1v) is 5.96. The Balaban J connectivity index is 1.91. The smallest absolute Gasteiger partial charge is 0.0402 e. The fourth-order valence-electron chi connectivity index (χ4n) is 2.62. The Labute approximate surface area is 91.1 Å². The molecule has 1 aliphatic heterocycles. The molecule has 0 amide bonds. The molecule has 0 bridgehead atoms. The third kappa shape index (κ3) is 1.63. The molecule has 0 aromatic heterocycles. The molecule has 0 unspecified atom stereocenters. The molecule has 1 aliphatic carbocycles. The Morgan fingerprint density at radius 1 is 1.13 bits per heavy atom. The number of rotatable bonds is 2. The Kier molecular flexibility index (Phi) is 2.17. The maximum Gasteiger partial charge on any atom is 0.0402 e. The summed E-state index contributed by atoms with van der Waals surface area (Å²) in [4.78, 5) is 2.51. The molecular weight excluding hydrogens is 184 g/mol. The molecule has 1 saturated carbocycles. The summed E-state index contributed by atoms with van der Waals surface area (Å²) in [5, 5.41) is 0. The van der Waals surface area contributed by atoms with Gasteiger partial charge in [0.05, 0.1) is 0 Å². The summed E-state index contributed by atoms with van der Waals surface area (Å²) in [6.07, 6.45) is 3.85. The second-order valence-corrected chi connectivity index (χ2v) is 4.76. The zero-order valence-electron chi connectivity index (χ0n) is 9.02. The molecule has 0 spiro atoms. The molecule has 80 valence electrons. The number of hydrogen-bond acceptors (Lipinski definition) is 2. The number of benzene rings is 1. The summed E-state index contributed by atoms with van der Waals surface area (Å²) in [7, 11) is 0. The molecule has 2 fully saturated rings. The fourth-order valence-corrected chi connectivity index (χ4v) is 2.62. The minimum atomic E-state index is 0.411. The maximum absolute atomic E-state index is 5.95. The first-order valence-electron chi connectivity index (χ1n) is 5.96. The second kappa shape index (κ2) is 3.53. The predicted octanol–water partition coefficient (Wildman–Crippen LogP) is 2.10. The Morgan fingerprint density at radius 3 is 2.47 bits per heavy atom. The molecular formula is C13H18N2. The quantitative estimate of drug-likeness (QED) is 0.795. The molecule has 2 atom stereocenters. The van der Waals surface area contributed by atoms with E-state index in [2.05, 4.69) is 29.2 Å². The van der Waals surface area contributed by atoms with Gasteiger partial charge in [-0.15, -0.1) is 0 Å². The van der Waals surface area contributed by atoms with E-state index in [9.17, 15) is 0 Å². The number of nitrogens with two attached hydrogens (primary N) is 1. The van der Waals surface area contributed by atoms with E-state index in [4.69, 9.17) is 5.73 Å². The number of para-hydroxylation sites is 1. The van der Waals surface area contributed by atoms with Gasteiger partial charge >= 0.3 is 0 Å². The van der Waals surface area contributed by atoms with E-state index in [0.29, 0.717) is 12.0 Å². The van der Waals surface area contributed by atoms with Gasteiger partial charge in [-0.25, -0.2) is 0 Å². The fraction of sp³-hybridized carbons (Fsp3) is 0.538. The molecule has 2 heteroatoms. The SMILES string of the molecule is N[C@@H]1C[C@H]1c1ccccc1N1CCCC1. The van der Waals surface area contributed by atoms with Crippen molar-refractivity contribution in [1.82, 2.24) is 0 Å². The molecule has 1 aromatic rings. The van der Waals surface area contributed by atoms with Crippen molar-refractivity contribution in [1.29, 1.82) is 0 Å². The lowest BCUT2D eigenvalue weighted by Crippen LogP contribution is -2.19. The monoisotopic (exact) mass is 202 g/mol. The zero-order valence-corrected chi connectivity index (χ0v) is 9.02. The van der Waals surface area contributed by atoms with Gasteiger partial charge in [0, 0.05) is 30.7 Å². The van der Waals surface area contributed by atoms with E-state index in [1.807, 2.05) is 0 Å². The van der Waals surface area contributed by atoms with E-state index >= 15 is 0 Å². The van der Waals surface area contributed by atoms with Crippen LogP contribution in [0.5, 0.6) is 0 Å². The average Bonchev–Trinajstić information content (AvgIpc) is 2.81. The number of anilines is 1. The van der Waals surface area contributed by atoms with Gasteiger partial charge in [-0.1, -0.05) is 18.2 Å². The van der Waals surface area contributed by atoms with Crippen molar-refractivity contribution in [2.24, 2.45) is 5.73 Å². The van der Waals surface area contributed by atoms with Crippen LogP contribution in [0.15, 0.2) is 24.3 Å². The maximum atomic E-state index is 5.95. The Morgan fingerprint density at radius 2 is 1.80 bits per heavy atom. The first kappa shape index (κ1) is 9.22. The van der Waals surface area contributed by atoms with E-state index in [1.165, 1.54) is 43.6 Å². The lowest BCUT2D eigenvalue weighted by atomic mass is 10.1. The average molecular weight is 202 g/mol. The van der Waals surface area contributed by atoms with Crippen LogP contribution in [0.2, 0.25) is 0 Å². The molecule has 1 aromatic carbocycles. The lowest BCUT2D eigenvalue weighted by Gasteiger charge is -2.21. The molecule has 0 radical (unpaired) electrons. The summed E-state index contributed by atoms with van der Waals surface area (Å²) in [5.74, 6) is 0.627. The third-order valence-corrected chi connectivity index (χ3v) is 3.62. The molecule has 1 saturated heterocycles. The van der Waals surface area contributed by atoms with Gasteiger partial charge in [-0.3, -0.25) is 0 Å². The standard InChI is InChI=1S/C13H18N2/c14-12-9-11(12)10-5-1-2-6-13(10)15-7-3-4-8-15/h1-2,5-6,11-12H,3-4,7-9,14H2/t11-,12+/m0/s1. The van der Waals surface area contributed by atoms with Crippen LogP contribution in [0.25, 0.3) is 0 Å². The molecule has 2 N–H and O–H groups in total. The van der Waals surface area contributed by atoms with Crippen molar-refractivity contribution in [2.45, 2.75) is 31.2 Å².